The van der Waals surface area contributed by atoms with Gasteiger partial charge < -0.3 is 10.2 Å². The van der Waals surface area contributed by atoms with E-state index in [1.165, 1.54) is 18.2 Å². The number of carbonyl (C=O) groups is 1. The van der Waals surface area contributed by atoms with Gasteiger partial charge in [-0.15, -0.1) is 0 Å². The Morgan fingerprint density at radius 2 is 1.90 bits per heavy atom. The third-order valence-corrected chi connectivity index (χ3v) is 4.87. The van der Waals surface area contributed by atoms with E-state index in [-0.39, 0.29) is 22.5 Å². The molecule has 1 heterocycles. The number of carbonyl (C=O) groups excluding carboxylic acids is 1. The van der Waals surface area contributed by atoms with Gasteiger partial charge in [0.2, 0.25) is 0 Å². The van der Waals surface area contributed by atoms with Crippen LogP contribution in [0.15, 0.2) is 47.3 Å². The van der Waals surface area contributed by atoms with E-state index in [0.29, 0.717) is 28.7 Å². The summed E-state index contributed by atoms with van der Waals surface area (Å²) in [7, 11) is 0. The van der Waals surface area contributed by atoms with E-state index >= 15 is 0 Å². The van der Waals surface area contributed by atoms with Gasteiger partial charge in [0.15, 0.2) is 0 Å². The fraction of sp³-hybridized carbons (Fsp3) is 0.286. The van der Waals surface area contributed by atoms with Crippen molar-refractivity contribution >= 4 is 34.1 Å². The van der Waals surface area contributed by atoms with Crippen LogP contribution in [0.4, 0.5) is 14.9 Å². The Kier molecular flexibility index (Phi) is 6.17. The molecule has 0 spiro atoms. The SMILES string of the molecule is CC(C)CN(C(=O)Nc1ccc(F)c(Cl)c1)[C@@H](C)c1n[nH]c(=O)c2ccccc12. The molecular weight excluding hydrogens is 395 g/mol. The molecule has 2 amide bonds. The van der Waals surface area contributed by atoms with Crippen molar-refractivity contribution in [1.29, 1.82) is 0 Å². The molecule has 152 valence electrons. The van der Waals surface area contributed by atoms with E-state index in [0.717, 1.165) is 0 Å². The molecule has 0 radical (unpaired) electrons. The summed E-state index contributed by atoms with van der Waals surface area (Å²) >= 11 is 5.82. The zero-order valence-electron chi connectivity index (χ0n) is 16.4. The molecule has 0 saturated carbocycles. The molecule has 0 aliphatic carbocycles. The predicted molar refractivity (Wildman–Crippen MR) is 113 cm³/mol. The fourth-order valence-electron chi connectivity index (χ4n) is 3.18. The zero-order chi connectivity index (χ0) is 21.1. The van der Waals surface area contributed by atoms with Crippen molar-refractivity contribution < 1.29 is 9.18 Å². The molecule has 0 fully saturated rings. The van der Waals surface area contributed by atoms with Crippen molar-refractivity contribution in [3.63, 3.8) is 0 Å². The van der Waals surface area contributed by atoms with E-state index in [1.54, 1.807) is 17.0 Å². The first-order valence-electron chi connectivity index (χ1n) is 9.28. The van der Waals surface area contributed by atoms with Gasteiger partial charge in [-0.25, -0.2) is 14.3 Å². The summed E-state index contributed by atoms with van der Waals surface area (Å²) in [5.74, 6) is -0.366. The number of hydrogen-bond acceptors (Lipinski definition) is 3. The van der Waals surface area contributed by atoms with Gasteiger partial charge in [0, 0.05) is 17.6 Å². The second kappa shape index (κ2) is 8.61. The van der Waals surface area contributed by atoms with Gasteiger partial charge in [-0.05, 0) is 37.1 Å². The molecule has 3 rings (SSSR count). The van der Waals surface area contributed by atoms with Crippen LogP contribution >= 0.6 is 11.6 Å². The normalized spacial score (nSPS) is 12.2. The molecule has 0 aliphatic rings. The molecular formula is C21H22ClFN4O2. The van der Waals surface area contributed by atoms with E-state index in [4.69, 9.17) is 11.6 Å². The molecule has 2 aromatic carbocycles. The molecule has 8 heteroatoms. The lowest BCUT2D eigenvalue weighted by atomic mass is 10.0. The number of urea groups is 1. The number of aromatic amines is 1. The lowest BCUT2D eigenvalue weighted by Crippen LogP contribution is -2.40. The van der Waals surface area contributed by atoms with Crippen molar-refractivity contribution in [3.8, 4) is 0 Å². The number of benzene rings is 2. The Labute approximate surface area is 172 Å². The van der Waals surface area contributed by atoms with Gasteiger partial charge in [0.25, 0.3) is 5.56 Å². The summed E-state index contributed by atoms with van der Waals surface area (Å²) < 4.78 is 13.4. The number of anilines is 1. The van der Waals surface area contributed by atoms with E-state index in [1.807, 2.05) is 32.9 Å². The first kappa shape index (κ1) is 20.8. The van der Waals surface area contributed by atoms with Crippen LogP contribution in [0, 0.1) is 11.7 Å². The van der Waals surface area contributed by atoms with Crippen LogP contribution in [0.1, 0.15) is 32.5 Å². The van der Waals surface area contributed by atoms with Crippen LogP contribution in [0.25, 0.3) is 10.8 Å². The lowest BCUT2D eigenvalue weighted by Gasteiger charge is -2.31. The third-order valence-electron chi connectivity index (χ3n) is 4.58. The Bertz CT molecular complexity index is 1100. The van der Waals surface area contributed by atoms with E-state index in [9.17, 15) is 14.0 Å². The van der Waals surface area contributed by atoms with Gasteiger partial charge in [-0.2, -0.15) is 5.10 Å². The number of amides is 2. The number of H-pyrrole nitrogens is 1. The first-order chi connectivity index (χ1) is 13.8. The Balaban J connectivity index is 1.96. The average molecular weight is 417 g/mol. The molecule has 6 nitrogen and oxygen atoms in total. The van der Waals surface area contributed by atoms with Crippen molar-refractivity contribution in [1.82, 2.24) is 15.1 Å². The highest BCUT2D eigenvalue weighted by Gasteiger charge is 2.25. The minimum absolute atomic E-state index is 0.0699. The Morgan fingerprint density at radius 1 is 1.21 bits per heavy atom. The van der Waals surface area contributed by atoms with Gasteiger partial charge in [0.05, 0.1) is 22.1 Å². The molecule has 1 atom stereocenters. The summed E-state index contributed by atoms with van der Waals surface area (Å²) in [5.41, 5.74) is 0.701. The fourth-order valence-corrected chi connectivity index (χ4v) is 3.36. The number of fused-ring (bicyclic) bond motifs is 1. The largest absolute Gasteiger partial charge is 0.322 e. The first-order valence-corrected chi connectivity index (χ1v) is 9.65. The Hall–Kier alpha value is -2.93. The van der Waals surface area contributed by atoms with Gasteiger partial charge in [0.1, 0.15) is 5.82 Å². The van der Waals surface area contributed by atoms with Crippen LogP contribution in [-0.4, -0.2) is 27.7 Å². The summed E-state index contributed by atoms with van der Waals surface area (Å²) in [4.78, 5) is 26.8. The summed E-state index contributed by atoms with van der Waals surface area (Å²) in [6, 6.07) is 10.4. The summed E-state index contributed by atoms with van der Waals surface area (Å²) in [6.07, 6.45) is 0. The number of nitrogens with one attached hydrogen (secondary N) is 2. The van der Waals surface area contributed by atoms with E-state index in [2.05, 4.69) is 15.5 Å². The number of halogens is 2. The van der Waals surface area contributed by atoms with Crippen molar-refractivity contribution in [2.24, 2.45) is 5.92 Å². The van der Waals surface area contributed by atoms with Crippen molar-refractivity contribution in [2.45, 2.75) is 26.8 Å². The molecule has 0 aliphatic heterocycles. The lowest BCUT2D eigenvalue weighted by molar-refractivity contribution is 0.182. The highest BCUT2D eigenvalue weighted by molar-refractivity contribution is 6.31. The van der Waals surface area contributed by atoms with Crippen LogP contribution in [0.2, 0.25) is 5.02 Å². The maximum absolute atomic E-state index is 13.4. The van der Waals surface area contributed by atoms with Crippen LogP contribution in [0.5, 0.6) is 0 Å². The van der Waals surface area contributed by atoms with Crippen molar-refractivity contribution in [3.05, 3.63) is 69.4 Å². The minimum Gasteiger partial charge on any atom is -0.316 e. The van der Waals surface area contributed by atoms with Crippen molar-refractivity contribution in [2.75, 3.05) is 11.9 Å². The monoisotopic (exact) mass is 416 g/mol. The standard InChI is InChI=1S/C21H22ClFN4O2/c1-12(2)11-27(21(29)24-14-8-9-18(23)17(22)10-14)13(3)19-15-6-4-5-7-16(15)20(28)26-25-19/h4-10,12-13H,11H2,1-3H3,(H,24,29)(H,26,28)/t13-/m0/s1. The zero-order valence-corrected chi connectivity index (χ0v) is 17.1. The van der Waals surface area contributed by atoms with Gasteiger partial charge >= 0.3 is 6.03 Å². The molecule has 2 N–H and O–H groups in total. The molecule has 0 saturated heterocycles. The predicted octanol–water partition coefficient (Wildman–Crippen LogP) is 4.97. The second-order valence-corrected chi connectivity index (χ2v) is 7.67. The number of nitrogens with zero attached hydrogens (tertiary/aromatic N) is 2. The van der Waals surface area contributed by atoms with Gasteiger partial charge in [-0.3, -0.25) is 4.79 Å². The van der Waals surface area contributed by atoms with Crippen LogP contribution in [0.3, 0.4) is 0 Å². The molecule has 0 unspecified atom stereocenters. The number of aromatic nitrogens is 2. The second-order valence-electron chi connectivity index (χ2n) is 7.26. The highest BCUT2D eigenvalue weighted by atomic mass is 35.5. The van der Waals surface area contributed by atoms with Crippen LogP contribution < -0.4 is 10.9 Å². The Morgan fingerprint density at radius 3 is 2.55 bits per heavy atom. The maximum atomic E-state index is 13.4. The van der Waals surface area contributed by atoms with Crippen LogP contribution in [-0.2, 0) is 0 Å². The average Bonchev–Trinajstić information content (AvgIpc) is 2.69. The topological polar surface area (TPSA) is 78.1 Å². The van der Waals surface area contributed by atoms with Gasteiger partial charge in [-0.1, -0.05) is 43.6 Å². The minimum atomic E-state index is -0.555. The molecule has 0 bridgehead atoms. The van der Waals surface area contributed by atoms with E-state index < -0.39 is 11.9 Å². The molecule has 3 aromatic rings. The quantitative estimate of drug-likeness (QED) is 0.616. The summed E-state index contributed by atoms with van der Waals surface area (Å²) in [6.45, 7) is 6.31. The summed E-state index contributed by atoms with van der Waals surface area (Å²) in [5, 5.41) is 10.6. The maximum Gasteiger partial charge on any atom is 0.322 e. The third kappa shape index (κ3) is 4.56. The number of rotatable bonds is 5. The highest BCUT2D eigenvalue weighted by Crippen LogP contribution is 2.26. The number of hydrogen-bond donors (Lipinski definition) is 2. The molecule has 1 aromatic heterocycles. The smallest absolute Gasteiger partial charge is 0.316 e. The molecule has 29 heavy (non-hydrogen) atoms.